The topological polar surface area (TPSA) is 128 Å². The average Bonchev–Trinajstić information content (AvgIpc) is 2.39. The number of hydrogen-bond donors (Lipinski definition) is 1. The molecule has 0 radical (unpaired) electrons. The first-order valence-corrected chi connectivity index (χ1v) is 7.70. The highest BCUT2D eigenvalue weighted by atomic mass is 16.6. The molecule has 1 rings (SSSR count). The van der Waals surface area contributed by atoms with Gasteiger partial charge in [0.1, 0.15) is 16.9 Å². The second kappa shape index (κ2) is 7.14. The van der Waals surface area contributed by atoms with Gasteiger partial charge in [0.2, 0.25) is 0 Å². The van der Waals surface area contributed by atoms with Gasteiger partial charge in [-0.25, -0.2) is 19.1 Å². The number of imide groups is 1. The second-order valence-corrected chi connectivity index (χ2v) is 7.44. The van der Waals surface area contributed by atoms with Gasteiger partial charge < -0.3 is 14.6 Å². The zero-order valence-electron chi connectivity index (χ0n) is 15.8. The minimum Gasteiger partial charge on any atom is -0.476 e. The minimum absolute atomic E-state index is 0.368. The Morgan fingerprint density at radius 2 is 1.46 bits per heavy atom. The van der Waals surface area contributed by atoms with E-state index in [1.165, 1.54) is 7.05 Å². The van der Waals surface area contributed by atoms with Crippen LogP contribution in [-0.2, 0) is 16.5 Å². The van der Waals surface area contributed by atoms with Crippen molar-refractivity contribution < 1.29 is 29.0 Å². The summed E-state index contributed by atoms with van der Waals surface area (Å²) < 4.78 is 11.0. The number of hydrogen-bond acceptors (Lipinski definition) is 7. The number of carboxylic acids is 1. The van der Waals surface area contributed by atoms with E-state index in [-0.39, 0.29) is 0 Å². The summed E-state index contributed by atoms with van der Waals surface area (Å²) in [5, 5.41) is 12.7. The first-order valence-electron chi connectivity index (χ1n) is 7.70. The van der Waals surface area contributed by atoms with Crippen molar-refractivity contribution >= 4 is 23.8 Å². The Balaban J connectivity index is 3.55. The summed E-state index contributed by atoms with van der Waals surface area (Å²) in [7, 11) is 1.20. The summed E-state index contributed by atoms with van der Waals surface area (Å²) in [5.74, 6) is -1.44. The Morgan fingerprint density at radius 3 is 1.81 bits per heavy atom. The Kier molecular flexibility index (Phi) is 5.81. The molecule has 10 nitrogen and oxygen atoms in total. The van der Waals surface area contributed by atoms with Crippen LogP contribution in [-0.4, -0.2) is 44.2 Å². The molecule has 0 fully saturated rings. The molecule has 0 aliphatic carbocycles. The van der Waals surface area contributed by atoms with Crippen molar-refractivity contribution in [2.75, 3.05) is 4.90 Å². The third-order valence-electron chi connectivity index (χ3n) is 2.66. The van der Waals surface area contributed by atoms with Crippen molar-refractivity contribution in [3.8, 4) is 0 Å². The molecule has 1 heterocycles. The van der Waals surface area contributed by atoms with E-state index in [0.29, 0.717) is 9.58 Å². The van der Waals surface area contributed by atoms with Gasteiger partial charge in [0.25, 0.3) is 5.56 Å². The predicted molar refractivity (Wildman–Crippen MR) is 91.4 cm³/mol. The van der Waals surface area contributed by atoms with Crippen LogP contribution in [0.3, 0.4) is 0 Å². The van der Waals surface area contributed by atoms with E-state index in [4.69, 9.17) is 14.6 Å². The quantitative estimate of drug-likeness (QED) is 0.840. The fourth-order valence-corrected chi connectivity index (χ4v) is 1.74. The normalized spacial score (nSPS) is 11.7. The Hall–Kier alpha value is -2.91. The summed E-state index contributed by atoms with van der Waals surface area (Å²) in [5.41, 5.74) is -3.87. The number of aromatic nitrogens is 2. The number of aromatic carboxylic acids is 1. The van der Waals surface area contributed by atoms with E-state index in [9.17, 15) is 19.2 Å². The van der Waals surface area contributed by atoms with Crippen LogP contribution in [0.15, 0.2) is 10.9 Å². The lowest BCUT2D eigenvalue weighted by Crippen LogP contribution is -2.46. The molecule has 144 valence electrons. The molecule has 0 spiro atoms. The first kappa shape index (κ1) is 21.1. The molecule has 0 aromatic carbocycles. The van der Waals surface area contributed by atoms with Crippen LogP contribution in [0.4, 0.5) is 15.3 Å². The van der Waals surface area contributed by atoms with E-state index >= 15 is 0 Å². The van der Waals surface area contributed by atoms with Gasteiger partial charge in [-0.05, 0) is 41.5 Å². The largest absolute Gasteiger partial charge is 0.476 e. The van der Waals surface area contributed by atoms with Gasteiger partial charge in [-0.1, -0.05) is 0 Å². The molecule has 0 atom stereocenters. The summed E-state index contributed by atoms with van der Waals surface area (Å²) in [6, 6.07) is 0.818. The summed E-state index contributed by atoms with van der Waals surface area (Å²) in [6.07, 6.45) is -2.35. The number of rotatable bonds is 2. The molecule has 0 aliphatic heterocycles. The molecular formula is C16H23N3O7. The van der Waals surface area contributed by atoms with E-state index in [1.54, 1.807) is 41.5 Å². The number of nitrogens with zero attached hydrogens (tertiary/aromatic N) is 3. The lowest BCUT2D eigenvalue weighted by Gasteiger charge is -2.28. The maximum absolute atomic E-state index is 12.5. The lowest BCUT2D eigenvalue weighted by atomic mass is 10.2. The molecule has 1 aromatic rings. The monoisotopic (exact) mass is 369 g/mol. The van der Waals surface area contributed by atoms with Crippen LogP contribution in [0.2, 0.25) is 0 Å². The molecular weight excluding hydrogens is 346 g/mol. The highest BCUT2D eigenvalue weighted by Crippen LogP contribution is 2.19. The van der Waals surface area contributed by atoms with Crippen LogP contribution in [0.25, 0.3) is 0 Å². The maximum atomic E-state index is 12.5. The summed E-state index contributed by atoms with van der Waals surface area (Å²) >= 11 is 0. The lowest BCUT2D eigenvalue weighted by molar-refractivity contribution is 0.0428. The molecule has 0 bridgehead atoms. The van der Waals surface area contributed by atoms with E-state index < -0.39 is 46.3 Å². The van der Waals surface area contributed by atoms with Crippen molar-refractivity contribution in [3.05, 3.63) is 22.1 Å². The predicted octanol–water partition coefficient (Wildman–Crippen LogP) is 2.16. The Morgan fingerprint density at radius 1 is 1.04 bits per heavy atom. The van der Waals surface area contributed by atoms with Gasteiger partial charge in [0.15, 0.2) is 5.69 Å². The number of carbonyl (C=O) groups is 3. The van der Waals surface area contributed by atoms with Gasteiger partial charge in [0.05, 0.1) is 0 Å². The number of ether oxygens (including phenoxy) is 2. The SMILES string of the molecule is Cn1nc(C(=O)O)cc(N(C(=O)OC(C)(C)C)C(=O)OC(C)(C)C)c1=O. The molecule has 1 N–H and O–H groups in total. The van der Waals surface area contributed by atoms with Crippen LogP contribution in [0.1, 0.15) is 52.0 Å². The maximum Gasteiger partial charge on any atom is 0.424 e. The number of anilines is 1. The van der Waals surface area contributed by atoms with Crippen molar-refractivity contribution in [3.63, 3.8) is 0 Å². The molecule has 2 amide bonds. The molecule has 1 aromatic heterocycles. The standard InChI is InChI=1S/C16H23N3O7/c1-15(2,3)25-13(23)19(14(24)26-16(4,5)6)10-8-9(12(21)22)17-18(7)11(10)20/h8H,1-7H3,(H,21,22). The minimum atomic E-state index is -1.44. The van der Waals surface area contributed by atoms with Gasteiger partial charge >= 0.3 is 18.2 Å². The first-order chi connectivity index (χ1) is 11.6. The summed E-state index contributed by atoms with van der Waals surface area (Å²) in [4.78, 5) is 49.0. The van der Waals surface area contributed by atoms with E-state index in [1.807, 2.05) is 0 Å². The van der Waals surface area contributed by atoms with Gasteiger partial charge in [-0.15, -0.1) is 0 Å². The zero-order valence-corrected chi connectivity index (χ0v) is 15.8. The van der Waals surface area contributed by atoms with E-state index in [0.717, 1.165) is 6.07 Å². The van der Waals surface area contributed by atoms with Crippen molar-refractivity contribution in [1.82, 2.24) is 9.78 Å². The fraction of sp³-hybridized carbons (Fsp3) is 0.562. The molecule has 0 saturated carbocycles. The highest BCUT2D eigenvalue weighted by molar-refractivity contribution is 6.09. The van der Waals surface area contributed by atoms with Crippen molar-refractivity contribution in [2.45, 2.75) is 52.7 Å². The van der Waals surface area contributed by atoms with Crippen molar-refractivity contribution in [1.29, 1.82) is 0 Å². The zero-order chi connectivity index (χ0) is 20.4. The fourth-order valence-electron chi connectivity index (χ4n) is 1.74. The number of carboxylic acid groups (broad SMARTS) is 1. The molecule has 10 heteroatoms. The van der Waals surface area contributed by atoms with Crippen LogP contribution < -0.4 is 10.5 Å². The number of amides is 2. The Labute approximate surface area is 150 Å². The highest BCUT2D eigenvalue weighted by Gasteiger charge is 2.35. The van der Waals surface area contributed by atoms with Gasteiger partial charge in [0, 0.05) is 13.1 Å². The average molecular weight is 369 g/mol. The molecule has 0 unspecified atom stereocenters. The second-order valence-electron chi connectivity index (χ2n) is 7.44. The molecule has 0 aliphatic rings. The third kappa shape index (κ3) is 5.57. The van der Waals surface area contributed by atoms with Crippen LogP contribution in [0, 0.1) is 0 Å². The van der Waals surface area contributed by atoms with Crippen molar-refractivity contribution in [2.24, 2.45) is 7.05 Å². The third-order valence-corrected chi connectivity index (χ3v) is 2.66. The van der Waals surface area contributed by atoms with Crippen LogP contribution >= 0.6 is 0 Å². The van der Waals surface area contributed by atoms with Crippen LogP contribution in [0.5, 0.6) is 0 Å². The van der Waals surface area contributed by atoms with Gasteiger partial charge in [-0.2, -0.15) is 10.00 Å². The molecule has 26 heavy (non-hydrogen) atoms. The van der Waals surface area contributed by atoms with E-state index in [2.05, 4.69) is 5.10 Å². The smallest absolute Gasteiger partial charge is 0.424 e. The number of carbonyl (C=O) groups excluding carboxylic acids is 2. The summed E-state index contributed by atoms with van der Waals surface area (Å²) in [6.45, 7) is 9.45. The molecule has 0 saturated heterocycles. The number of aryl methyl sites for hydroxylation is 1. The van der Waals surface area contributed by atoms with Gasteiger partial charge in [-0.3, -0.25) is 4.79 Å². The Bertz CT molecular complexity index is 757.